The Morgan fingerprint density at radius 2 is 2.03 bits per heavy atom. The van der Waals surface area contributed by atoms with Gasteiger partial charge in [0.2, 0.25) is 11.8 Å². The van der Waals surface area contributed by atoms with Crippen molar-refractivity contribution in [2.24, 2.45) is 5.73 Å². The first-order valence-corrected chi connectivity index (χ1v) is 13.6. The van der Waals surface area contributed by atoms with Crippen molar-refractivity contribution in [2.75, 3.05) is 19.6 Å². The molecule has 3 N–H and O–H groups in total. The molecule has 1 aliphatic carbocycles. The minimum Gasteiger partial charge on any atom is -0.438 e. The minimum atomic E-state index is -1.15. The molecule has 2 aliphatic heterocycles. The number of likely N-dealkylation sites (tertiary alicyclic amines) is 1. The van der Waals surface area contributed by atoms with Gasteiger partial charge in [-0.2, -0.15) is 0 Å². The summed E-state index contributed by atoms with van der Waals surface area (Å²) in [6.07, 6.45) is 13.2. The molecule has 1 aromatic heterocycles. The molecule has 0 bridgehead atoms. The molecular weight excluding hydrogens is 514 g/mol. The van der Waals surface area contributed by atoms with Gasteiger partial charge in [0.05, 0.1) is 5.60 Å². The largest absolute Gasteiger partial charge is 0.438 e. The fourth-order valence-electron chi connectivity index (χ4n) is 5.12. The fourth-order valence-corrected chi connectivity index (χ4v) is 5.24. The van der Waals surface area contributed by atoms with Crippen LogP contribution in [0.25, 0.3) is 5.57 Å². The van der Waals surface area contributed by atoms with E-state index in [0.717, 1.165) is 48.3 Å². The van der Waals surface area contributed by atoms with Crippen molar-refractivity contribution in [1.82, 2.24) is 9.88 Å². The van der Waals surface area contributed by atoms with Crippen molar-refractivity contribution < 1.29 is 19.4 Å². The average molecular weight is 548 g/mol. The number of nitrogens with zero attached hydrogens (tertiary/aromatic N) is 2. The summed E-state index contributed by atoms with van der Waals surface area (Å²) < 4.78 is 12.3. The van der Waals surface area contributed by atoms with E-state index < -0.39 is 23.2 Å². The molecule has 1 atom stereocenters. The lowest BCUT2D eigenvalue weighted by Gasteiger charge is -2.38. The van der Waals surface area contributed by atoms with Crippen molar-refractivity contribution in [3.8, 4) is 5.88 Å². The second kappa shape index (κ2) is 11.1. The number of hydrogen-bond acceptors (Lipinski definition) is 6. The highest BCUT2D eigenvalue weighted by Crippen LogP contribution is 2.38. The second-order valence-electron chi connectivity index (χ2n) is 10.7. The number of aromatic nitrogens is 1. The summed E-state index contributed by atoms with van der Waals surface area (Å²) in [5.41, 5.74) is 7.20. The number of hydrogen-bond donors (Lipinski definition) is 2. The summed E-state index contributed by atoms with van der Waals surface area (Å²) in [4.78, 5) is 18.8. The van der Waals surface area contributed by atoms with Crippen LogP contribution < -0.4 is 10.5 Å². The van der Waals surface area contributed by atoms with Gasteiger partial charge in [0.15, 0.2) is 0 Å². The number of pyridine rings is 1. The topological polar surface area (TPSA) is 97.9 Å². The third-order valence-corrected chi connectivity index (χ3v) is 7.87. The number of amides is 1. The van der Waals surface area contributed by atoms with Crippen LogP contribution in [0.2, 0.25) is 5.02 Å². The van der Waals surface area contributed by atoms with E-state index in [-0.39, 0.29) is 0 Å². The minimum absolute atomic E-state index is 0.502. The Hall–Kier alpha value is -3.23. The van der Waals surface area contributed by atoms with Gasteiger partial charge in [0, 0.05) is 42.0 Å². The van der Waals surface area contributed by atoms with Gasteiger partial charge in [-0.15, -0.1) is 0 Å². The number of fused-ring (bicyclic) bond motifs is 2. The van der Waals surface area contributed by atoms with E-state index in [2.05, 4.69) is 22.0 Å². The van der Waals surface area contributed by atoms with Crippen molar-refractivity contribution in [2.45, 2.75) is 50.4 Å². The number of piperidine rings is 1. The zero-order chi connectivity index (χ0) is 27.6. The number of carbonyl (C=O) groups excluding carboxylic acids is 1. The van der Waals surface area contributed by atoms with Crippen LogP contribution in [0, 0.1) is 0 Å². The summed E-state index contributed by atoms with van der Waals surface area (Å²) in [5, 5.41) is 11.9. The Morgan fingerprint density at radius 1 is 1.28 bits per heavy atom. The highest BCUT2D eigenvalue weighted by atomic mass is 35.5. The summed E-state index contributed by atoms with van der Waals surface area (Å²) in [5.74, 6) is 0.617. The van der Waals surface area contributed by atoms with Crippen LogP contribution in [0.1, 0.15) is 44.2 Å². The van der Waals surface area contributed by atoms with Gasteiger partial charge in [0.1, 0.15) is 17.5 Å². The first-order valence-electron chi connectivity index (χ1n) is 13.3. The molecular formula is C31H34ClN3O4. The molecule has 3 aliphatic rings. The van der Waals surface area contributed by atoms with E-state index >= 15 is 0 Å². The van der Waals surface area contributed by atoms with Crippen LogP contribution in [0.15, 0.2) is 84.3 Å². The van der Waals surface area contributed by atoms with Crippen molar-refractivity contribution >= 4 is 23.1 Å². The zero-order valence-electron chi connectivity index (χ0n) is 22.3. The molecule has 0 spiro atoms. The maximum Gasteiger partial charge on any atom is 0.249 e. The van der Waals surface area contributed by atoms with Crippen molar-refractivity contribution in [1.29, 1.82) is 0 Å². The number of ether oxygens (including phenoxy) is 2. The number of rotatable bonds is 7. The third kappa shape index (κ3) is 6.02. The second-order valence-corrected chi connectivity index (χ2v) is 11.2. The Kier molecular flexibility index (Phi) is 7.78. The number of benzene rings is 1. The molecule has 1 aromatic carbocycles. The number of carbonyl (C=O) groups is 1. The monoisotopic (exact) mass is 547 g/mol. The van der Waals surface area contributed by atoms with Crippen molar-refractivity contribution in [3.63, 3.8) is 0 Å². The van der Waals surface area contributed by atoms with Crippen LogP contribution >= 0.6 is 11.6 Å². The molecule has 1 fully saturated rings. The number of nitrogens with two attached hydrogens (primary N) is 1. The Balaban J connectivity index is 1.32. The standard InChI is InChI=1S/C31H34ClN3O4/c1-30(2,29(33)36)39-27-9-3-8-26-25(27)20-21(24-7-4-16-34-28(24)38-26)6-5-17-35-18-14-31(37,15-19-35)22-10-12-23(32)13-11-22/h3-4,6-13,16,20,27,37H,5,14-15,17-19H2,1-2H3,(H2,33,36). The average Bonchev–Trinajstić information content (AvgIpc) is 3.07. The molecule has 2 aromatic rings. The molecule has 8 heteroatoms. The summed E-state index contributed by atoms with van der Waals surface area (Å²) in [6.45, 7) is 5.80. The van der Waals surface area contributed by atoms with Crippen LogP contribution in [-0.2, 0) is 15.1 Å². The van der Waals surface area contributed by atoms with Gasteiger partial charge in [-0.25, -0.2) is 4.98 Å². The third-order valence-electron chi connectivity index (χ3n) is 7.61. The molecule has 0 saturated carbocycles. The fraction of sp³-hybridized carbons (Fsp3) is 0.355. The Morgan fingerprint density at radius 3 is 2.74 bits per heavy atom. The van der Waals surface area contributed by atoms with Crippen LogP contribution in [0.3, 0.4) is 0 Å². The highest BCUT2D eigenvalue weighted by molar-refractivity contribution is 6.30. The molecule has 0 radical (unpaired) electrons. The number of aliphatic hydroxyl groups is 1. The Bertz CT molecular complexity index is 1350. The van der Waals surface area contributed by atoms with Gasteiger partial charge in [-0.1, -0.05) is 42.0 Å². The van der Waals surface area contributed by atoms with E-state index in [9.17, 15) is 9.90 Å². The van der Waals surface area contributed by atoms with Gasteiger partial charge < -0.3 is 25.2 Å². The van der Waals surface area contributed by atoms with Crippen LogP contribution in [-0.4, -0.2) is 52.2 Å². The summed E-state index contributed by atoms with van der Waals surface area (Å²) in [7, 11) is 0. The number of allylic oxidation sites excluding steroid dienone is 4. The lowest BCUT2D eigenvalue weighted by molar-refractivity contribution is -0.141. The van der Waals surface area contributed by atoms with E-state index in [1.165, 1.54) is 0 Å². The number of halogens is 1. The van der Waals surface area contributed by atoms with E-state index in [0.29, 0.717) is 29.5 Å². The first-order chi connectivity index (χ1) is 18.6. The molecule has 1 saturated heterocycles. The predicted octanol–water partition coefficient (Wildman–Crippen LogP) is 4.91. The van der Waals surface area contributed by atoms with Crippen molar-refractivity contribution in [3.05, 3.63) is 100 Å². The van der Waals surface area contributed by atoms with E-state index in [4.69, 9.17) is 26.8 Å². The van der Waals surface area contributed by atoms with Gasteiger partial charge in [-0.3, -0.25) is 4.79 Å². The molecule has 1 unspecified atom stereocenters. The normalized spacial score (nSPS) is 21.7. The van der Waals surface area contributed by atoms with Gasteiger partial charge in [-0.05, 0) is 80.7 Å². The molecule has 3 heterocycles. The highest BCUT2D eigenvalue weighted by Gasteiger charge is 2.35. The summed E-state index contributed by atoms with van der Waals surface area (Å²) >= 11 is 6.03. The zero-order valence-corrected chi connectivity index (χ0v) is 23.0. The van der Waals surface area contributed by atoms with Crippen LogP contribution in [0.4, 0.5) is 0 Å². The lowest BCUT2D eigenvalue weighted by atomic mass is 9.84. The molecule has 204 valence electrons. The number of primary amides is 1. The predicted molar refractivity (Wildman–Crippen MR) is 152 cm³/mol. The van der Waals surface area contributed by atoms with Gasteiger partial charge in [0.25, 0.3) is 0 Å². The van der Waals surface area contributed by atoms with E-state index in [1.807, 2.05) is 54.6 Å². The maximum absolute atomic E-state index is 12.0. The van der Waals surface area contributed by atoms with Crippen LogP contribution in [0.5, 0.6) is 5.88 Å². The summed E-state index contributed by atoms with van der Waals surface area (Å²) in [6, 6.07) is 11.4. The lowest BCUT2D eigenvalue weighted by Crippen LogP contribution is -2.43. The Labute approximate surface area is 234 Å². The molecule has 5 rings (SSSR count). The molecule has 7 nitrogen and oxygen atoms in total. The quantitative estimate of drug-likeness (QED) is 0.511. The maximum atomic E-state index is 12.0. The van der Waals surface area contributed by atoms with Gasteiger partial charge >= 0.3 is 0 Å². The first kappa shape index (κ1) is 27.3. The SMILES string of the molecule is CC(C)(OC1C=CC=C2Oc3ncccc3C(=CCCN3CCC(O)(c4ccc(Cl)cc4)CC3)C=C21)C(N)=O. The van der Waals surface area contributed by atoms with E-state index in [1.54, 1.807) is 20.0 Å². The smallest absolute Gasteiger partial charge is 0.249 e. The molecule has 1 amide bonds. The molecule has 39 heavy (non-hydrogen) atoms.